The number of aryl methyl sites for hydroxylation is 1. The fourth-order valence-corrected chi connectivity index (χ4v) is 3.84. The van der Waals surface area contributed by atoms with Crippen molar-refractivity contribution in [3.05, 3.63) is 48.0 Å². The maximum absolute atomic E-state index is 14.2. The highest BCUT2D eigenvalue weighted by molar-refractivity contribution is 5.76. The number of carbonyl (C=O) groups is 1. The molecule has 4 heteroatoms. The Morgan fingerprint density at radius 3 is 2.78 bits per heavy atom. The Hall–Kier alpha value is -1.68. The standard InChI is InChI=1S/C23H34FNO2/c1-25(2)22(26)18-23(27)16-8-12-20(17-23)14-15-21(24)13-7-6-11-19-9-4-3-5-10-19/h3-5,9-10,14-15,20-21,27H,6-8,11-13,16-18H2,1-2H3/b15-14+/t20-,21-,23-/m0/s1. The van der Waals surface area contributed by atoms with Gasteiger partial charge in [-0.1, -0.05) is 42.5 Å². The largest absolute Gasteiger partial charge is 0.389 e. The van der Waals surface area contributed by atoms with Crippen LogP contribution in [0.1, 0.15) is 56.9 Å². The van der Waals surface area contributed by atoms with Gasteiger partial charge in [-0.2, -0.15) is 0 Å². The van der Waals surface area contributed by atoms with Crippen LogP contribution < -0.4 is 0 Å². The summed E-state index contributed by atoms with van der Waals surface area (Å²) in [7, 11) is 3.41. The van der Waals surface area contributed by atoms with Gasteiger partial charge in [-0.15, -0.1) is 0 Å². The van der Waals surface area contributed by atoms with Crippen molar-refractivity contribution in [3.63, 3.8) is 0 Å². The lowest BCUT2D eigenvalue weighted by Gasteiger charge is -2.36. The van der Waals surface area contributed by atoms with Gasteiger partial charge in [0, 0.05) is 14.1 Å². The molecule has 0 heterocycles. The lowest BCUT2D eigenvalue weighted by Crippen LogP contribution is -2.40. The van der Waals surface area contributed by atoms with Crippen LogP contribution in [0.2, 0.25) is 0 Å². The number of aliphatic hydroxyl groups is 1. The quantitative estimate of drug-likeness (QED) is 0.502. The molecule has 1 fully saturated rings. The van der Waals surface area contributed by atoms with Crippen LogP contribution in [0.3, 0.4) is 0 Å². The molecule has 2 rings (SSSR count). The van der Waals surface area contributed by atoms with E-state index in [0.717, 1.165) is 32.1 Å². The monoisotopic (exact) mass is 375 g/mol. The Bertz CT molecular complexity index is 602. The van der Waals surface area contributed by atoms with Crippen LogP contribution in [0, 0.1) is 5.92 Å². The molecule has 0 radical (unpaired) electrons. The molecule has 3 nitrogen and oxygen atoms in total. The van der Waals surface area contributed by atoms with Gasteiger partial charge in [-0.3, -0.25) is 4.79 Å². The summed E-state index contributed by atoms with van der Waals surface area (Å²) < 4.78 is 14.2. The van der Waals surface area contributed by atoms with Gasteiger partial charge in [0.15, 0.2) is 0 Å². The highest BCUT2D eigenvalue weighted by atomic mass is 19.1. The molecule has 1 aromatic carbocycles. The van der Waals surface area contributed by atoms with E-state index in [4.69, 9.17) is 0 Å². The lowest BCUT2D eigenvalue weighted by atomic mass is 9.76. The van der Waals surface area contributed by atoms with Gasteiger partial charge in [0.05, 0.1) is 12.0 Å². The van der Waals surface area contributed by atoms with Crippen LogP contribution in [-0.2, 0) is 11.2 Å². The molecule has 3 atom stereocenters. The smallest absolute Gasteiger partial charge is 0.224 e. The van der Waals surface area contributed by atoms with Gasteiger partial charge in [-0.05, 0) is 62.8 Å². The van der Waals surface area contributed by atoms with E-state index >= 15 is 0 Å². The predicted molar refractivity (Wildman–Crippen MR) is 108 cm³/mol. The molecule has 1 aromatic rings. The van der Waals surface area contributed by atoms with Crippen molar-refractivity contribution in [1.82, 2.24) is 4.90 Å². The third kappa shape index (κ3) is 7.84. The topological polar surface area (TPSA) is 40.5 Å². The average Bonchev–Trinajstić information content (AvgIpc) is 2.64. The highest BCUT2D eigenvalue weighted by Gasteiger charge is 2.35. The zero-order valence-electron chi connectivity index (χ0n) is 16.7. The SMILES string of the molecule is CN(C)C(=O)C[C@]1(O)CCC[C@@H](/C=C/[C@@H](F)CCCCc2ccccc2)C1. The molecule has 1 amide bonds. The minimum atomic E-state index is -0.948. The van der Waals surface area contributed by atoms with E-state index in [-0.39, 0.29) is 18.2 Å². The Kier molecular flexibility index (Phi) is 8.49. The number of allylic oxidation sites excluding steroid dienone is 2. The maximum Gasteiger partial charge on any atom is 0.224 e. The number of halogens is 1. The Morgan fingerprint density at radius 2 is 2.07 bits per heavy atom. The first-order chi connectivity index (χ1) is 12.9. The molecule has 1 saturated carbocycles. The van der Waals surface area contributed by atoms with E-state index in [1.165, 1.54) is 10.5 Å². The molecule has 1 N–H and O–H groups in total. The van der Waals surface area contributed by atoms with Gasteiger partial charge in [0.25, 0.3) is 0 Å². The fourth-order valence-electron chi connectivity index (χ4n) is 3.84. The van der Waals surface area contributed by atoms with Crippen LogP contribution in [-0.4, -0.2) is 41.8 Å². The summed E-state index contributed by atoms with van der Waals surface area (Å²) in [4.78, 5) is 13.4. The molecule has 1 aliphatic rings. The van der Waals surface area contributed by atoms with E-state index in [1.54, 1.807) is 20.2 Å². The summed E-state index contributed by atoms with van der Waals surface area (Å²) in [5.41, 5.74) is 0.355. The summed E-state index contributed by atoms with van der Waals surface area (Å²) in [6.45, 7) is 0. The first kappa shape index (κ1) is 21.6. The molecular weight excluding hydrogens is 341 g/mol. The molecule has 0 spiro atoms. The summed E-state index contributed by atoms with van der Waals surface area (Å²) >= 11 is 0. The third-order valence-corrected chi connectivity index (χ3v) is 5.47. The second-order valence-corrected chi connectivity index (χ2v) is 8.18. The van der Waals surface area contributed by atoms with Gasteiger partial charge in [0.2, 0.25) is 5.91 Å². The number of unbranched alkanes of at least 4 members (excludes halogenated alkanes) is 1. The van der Waals surface area contributed by atoms with Crippen molar-refractivity contribution in [2.24, 2.45) is 5.92 Å². The molecule has 1 aliphatic carbocycles. The minimum Gasteiger partial charge on any atom is -0.389 e. The van der Waals surface area contributed by atoms with Gasteiger partial charge >= 0.3 is 0 Å². The van der Waals surface area contributed by atoms with Crippen molar-refractivity contribution in [2.45, 2.75) is 69.6 Å². The Labute approximate surface area is 163 Å². The summed E-state index contributed by atoms with van der Waals surface area (Å²) in [5.74, 6) is 0.102. The van der Waals surface area contributed by atoms with E-state index < -0.39 is 11.8 Å². The van der Waals surface area contributed by atoms with E-state index in [2.05, 4.69) is 12.1 Å². The summed E-state index contributed by atoms with van der Waals surface area (Å²) in [5, 5.41) is 10.7. The van der Waals surface area contributed by atoms with Crippen molar-refractivity contribution >= 4 is 5.91 Å². The zero-order chi connectivity index (χ0) is 19.7. The number of nitrogens with zero attached hydrogens (tertiary/aromatic N) is 1. The molecule has 0 bridgehead atoms. The number of hydrogen-bond acceptors (Lipinski definition) is 2. The number of amides is 1. The van der Waals surface area contributed by atoms with E-state index in [0.29, 0.717) is 19.3 Å². The molecule has 0 unspecified atom stereocenters. The lowest BCUT2D eigenvalue weighted by molar-refractivity contribution is -0.135. The molecule has 0 aromatic heterocycles. The normalized spacial score (nSPS) is 24.1. The number of alkyl halides is 1. The number of carbonyl (C=O) groups excluding carboxylic acids is 1. The van der Waals surface area contributed by atoms with Crippen LogP contribution in [0.25, 0.3) is 0 Å². The Balaban J connectivity index is 1.71. The number of hydrogen-bond donors (Lipinski definition) is 1. The second kappa shape index (κ2) is 10.6. The molecule has 27 heavy (non-hydrogen) atoms. The van der Waals surface area contributed by atoms with Crippen molar-refractivity contribution in [2.75, 3.05) is 14.1 Å². The van der Waals surface area contributed by atoms with Gasteiger partial charge in [0.1, 0.15) is 6.17 Å². The molecule has 0 aliphatic heterocycles. The third-order valence-electron chi connectivity index (χ3n) is 5.47. The molecule has 0 saturated heterocycles. The van der Waals surface area contributed by atoms with Crippen LogP contribution in [0.15, 0.2) is 42.5 Å². The summed E-state index contributed by atoms with van der Waals surface area (Å²) in [6, 6.07) is 10.3. The van der Waals surface area contributed by atoms with Gasteiger partial charge in [-0.25, -0.2) is 4.39 Å². The van der Waals surface area contributed by atoms with Crippen LogP contribution >= 0.6 is 0 Å². The van der Waals surface area contributed by atoms with Crippen molar-refractivity contribution in [3.8, 4) is 0 Å². The van der Waals surface area contributed by atoms with Crippen LogP contribution in [0.4, 0.5) is 4.39 Å². The number of rotatable bonds is 9. The maximum atomic E-state index is 14.2. The first-order valence-corrected chi connectivity index (χ1v) is 10.2. The predicted octanol–water partition coefficient (Wildman–Crippen LogP) is 4.69. The Morgan fingerprint density at radius 1 is 1.33 bits per heavy atom. The van der Waals surface area contributed by atoms with E-state index in [9.17, 15) is 14.3 Å². The van der Waals surface area contributed by atoms with Crippen molar-refractivity contribution < 1.29 is 14.3 Å². The summed E-state index contributed by atoms with van der Waals surface area (Å²) in [6.07, 6.45) is 9.23. The highest BCUT2D eigenvalue weighted by Crippen LogP contribution is 2.36. The molecule has 150 valence electrons. The second-order valence-electron chi connectivity index (χ2n) is 8.18. The van der Waals surface area contributed by atoms with Crippen LogP contribution in [0.5, 0.6) is 0 Å². The average molecular weight is 376 g/mol. The fraction of sp³-hybridized carbons (Fsp3) is 0.609. The van der Waals surface area contributed by atoms with E-state index in [1.807, 2.05) is 24.3 Å². The number of benzene rings is 1. The zero-order valence-corrected chi connectivity index (χ0v) is 16.7. The molecular formula is C23H34FNO2. The minimum absolute atomic E-state index is 0.0519. The first-order valence-electron chi connectivity index (χ1n) is 10.2. The van der Waals surface area contributed by atoms with Gasteiger partial charge < -0.3 is 10.0 Å². The van der Waals surface area contributed by atoms with Crippen molar-refractivity contribution in [1.29, 1.82) is 0 Å².